The van der Waals surface area contributed by atoms with E-state index in [9.17, 15) is 4.79 Å². The third-order valence-corrected chi connectivity index (χ3v) is 3.64. The van der Waals surface area contributed by atoms with Crippen LogP contribution in [-0.2, 0) is 6.61 Å². The Labute approximate surface area is 140 Å². The van der Waals surface area contributed by atoms with E-state index in [4.69, 9.17) is 22.1 Å². The van der Waals surface area contributed by atoms with Gasteiger partial charge in [0.25, 0.3) is 0 Å². The lowest BCUT2D eigenvalue weighted by molar-refractivity contribution is 0.249. The van der Waals surface area contributed by atoms with Crippen LogP contribution in [0.3, 0.4) is 0 Å². The van der Waals surface area contributed by atoms with Crippen molar-refractivity contribution in [3.05, 3.63) is 63.7 Å². The molecule has 0 aromatic heterocycles. The molecule has 0 aliphatic carbocycles. The third kappa shape index (κ3) is 4.72. The highest BCUT2D eigenvalue weighted by Crippen LogP contribution is 2.25. The molecule has 2 amide bonds. The summed E-state index contributed by atoms with van der Waals surface area (Å²) in [6.45, 7) is 4.37. The number of halogens is 1. The predicted octanol–water partition coefficient (Wildman–Crippen LogP) is 3.54. The van der Waals surface area contributed by atoms with Crippen molar-refractivity contribution in [3.63, 3.8) is 0 Å². The second kappa shape index (κ2) is 7.65. The number of nitrogens with zero attached hydrogens (tertiary/aromatic N) is 1. The molecule has 2 aromatic carbocycles. The van der Waals surface area contributed by atoms with Crippen LogP contribution in [0.5, 0.6) is 5.75 Å². The van der Waals surface area contributed by atoms with Gasteiger partial charge < -0.3 is 10.5 Å². The minimum atomic E-state index is -0.701. The predicted molar refractivity (Wildman–Crippen MR) is 92.0 cm³/mol. The SMILES string of the molecule is Cc1cc(C)c(COc2ccccc2Cl)cc1/C=N/NC(N)=O. The fourth-order valence-corrected chi connectivity index (χ4v) is 2.28. The summed E-state index contributed by atoms with van der Waals surface area (Å²) in [4.78, 5) is 10.7. The van der Waals surface area contributed by atoms with E-state index in [1.807, 2.05) is 44.2 Å². The number of hydrogen-bond donors (Lipinski definition) is 2. The van der Waals surface area contributed by atoms with Crippen molar-refractivity contribution in [2.75, 3.05) is 0 Å². The van der Waals surface area contributed by atoms with Crippen LogP contribution in [0.4, 0.5) is 4.79 Å². The van der Waals surface area contributed by atoms with E-state index in [-0.39, 0.29) is 0 Å². The average Bonchev–Trinajstić information content (AvgIpc) is 2.49. The van der Waals surface area contributed by atoms with Crippen LogP contribution in [0.1, 0.15) is 22.3 Å². The number of ether oxygens (including phenoxy) is 1. The zero-order valence-corrected chi connectivity index (χ0v) is 13.7. The van der Waals surface area contributed by atoms with Crippen molar-refractivity contribution in [1.82, 2.24) is 5.43 Å². The summed E-state index contributed by atoms with van der Waals surface area (Å²) in [5.74, 6) is 0.639. The van der Waals surface area contributed by atoms with E-state index in [1.165, 1.54) is 0 Å². The summed E-state index contributed by atoms with van der Waals surface area (Å²) in [6, 6.07) is 10.6. The van der Waals surface area contributed by atoms with Crippen LogP contribution >= 0.6 is 11.6 Å². The molecule has 3 N–H and O–H groups in total. The molecule has 0 fully saturated rings. The number of hydrogen-bond acceptors (Lipinski definition) is 3. The van der Waals surface area contributed by atoms with Gasteiger partial charge in [-0.15, -0.1) is 0 Å². The fraction of sp³-hybridized carbons (Fsp3) is 0.176. The van der Waals surface area contributed by atoms with Gasteiger partial charge in [-0.3, -0.25) is 0 Å². The zero-order valence-electron chi connectivity index (χ0n) is 13.0. The van der Waals surface area contributed by atoms with Gasteiger partial charge in [0.05, 0.1) is 11.2 Å². The zero-order chi connectivity index (χ0) is 16.8. The van der Waals surface area contributed by atoms with Crippen molar-refractivity contribution in [1.29, 1.82) is 0 Å². The molecule has 2 rings (SSSR count). The number of carbonyl (C=O) groups is 1. The topological polar surface area (TPSA) is 76.7 Å². The number of aryl methyl sites for hydroxylation is 2. The second-order valence-electron chi connectivity index (χ2n) is 5.09. The molecular formula is C17H18ClN3O2. The minimum absolute atomic E-state index is 0.389. The van der Waals surface area contributed by atoms with Gasteiger partial charge in [-0.25, -0.2) is 10.2 Å². The molecule has 0 aliphatic heterocycles. The van der Waals surface area contributed by atoms with E-state index >= 15 is 0 Å². The highest BCUT2D eigenvalue weighted by atomic mass is 35.5. The van der Waals surface area contributed by atoms with Crippen molar-refractivity contribution >= 4 is 23.8 Å². The lowest BCUT2D eigenvalue weighted by Gasteiger charge is -2.12. The highest BCUT2D eigenvalue weighted by molar-refractivity contribution is 6.32. The number of para-hydroxylation sites is 1. The largest absolute Gasteiger partial charge is 0.487 e. The van der Waals surface area contributed by atoms with Crippen molar-refractivity contribution in [3.8, 4) is 5.75 Å². The monoisotopic (exact) mass is 331 g/mol. The quantitative estimate of drug-likeness (QED) is 0.649. The van der Waals surface area contributed by atoms with Crippen molar-refractivity contribution < 1.29 is 9.53 Å². The first-order valence-electron chi connectivity index (χ1n) is 7.03. The van der Waals surface area contributed by atoms with Crippen molar-refractivity contribution in [2.24, 2.45) is 10.8 Å². The Morgan fingerprint density at radius 3 is 2.74 bits per heavy atom. The van der Waals surface area contributed by atoms with Gasteiger partial charge in [0.15, 0.2) is 0 Å². The molecule has 0 aliphatic rings. The number of amides is 2. The van der Waals surface area contributed by atoms with Crippen LogP contribution in [0.25, 0.3) is 0 Å². The summed E-state index contributed by atoms with van der Waals surface area (Å²) in [7, 11) is 0. The average molecular weight is 332 g/mol. The first-order valence-corrected chi connectivity index (χ1v) is 7.41. The van der Waals surface area contributed by atoms with Crippen LogP contribution in [0, 0.1) is 13.8 Å². The number of benzene rings is 2. The molecule has 120 valence electrons. The Hall–Kier alpha value is -2.53. The van der Waals surface area contributed by atoms with Crippen LogP contribution < -0.4 is 15.9 Å². The Morgan fingerprint density at radius 1 is 1.30 bits per heavy atom. The van der Waals surface area contributed by atoms with Crippen LogP contribution in [0.15, 0.2) is 41.5 Å². The van der Waals surface area contributed by atoms with E-state index in [0.29, 0.717) is 17.4 Å². The molecule has 0 radical (unpaired) electrons. The molecule has 23 heavy (non-hydrogen) atoms. The number of rotatable bonds is 5. The van der Waals surface area contributed by atoms with Gasteiger partial charge >= 0.3 is 6.03 Å². The number of nitrogens with two attached hydrogens (primary N) is 1. The minimum Gasteiger partial charge on any atom is -0.487 e. The standard InChI is InChI=1S/C17H18ClN3O2/c1-11-7-12(2)14(8-13(11)9-20-21-17(19)22)10-23-16-6-4-3-5-15(16)18/h3-9H,10H2,1-2H3,(H3,19,21,22)/b20-9+. The second-order valence-corrected chi connectivity index (χ2v) is 5.50. The molecule has 0 saturated carbocycles. The Kier molecular flexibility index (Phi) is 5.60. The summed E-state index contributed by atoms with van der Waals surface area (Å²) in [5.41, 5.74) is 11.2. The lowest BCUT2D eigenvalue weighted by Crippen LogP contribution is -2.24. The number of carbonyl (C=O) groups excluding carboxylic acids is 1. The van der Waals surface area contributed by atoms with Gasteiger partial charge in [0, 0.05) is 0 Å². The Balaban J connectivity index is 2.17. The smallest absolute Gasteiger partial charge is 0.332 e. The molecule has 0 saturated heterocycles. The van der Waals surface area contributed by atoms with E-state index in [2.05, 4.69) is 10.5 Å². The van der Waals surface area contributed by atoms with E-state index in [0.717, 1.165) is 22.3 Å². The molecular weight excluding hydrogens is 314 g/mol. The molecule has 6 heteroatoms. The Bertz CT molecular complexity index is 745. The van der Waals surface area contributed by atoms with E-state index in [1.54, 1.807) is 12.3 Å². The molecule has 0 unspecified atom stereocenters. The van der Waals surface area contributed by atoms with Gasteiger partial charge in [0.1, 0.15) is 12.4 Å². The first kappa shape index (κ1) is 16.8. The maximum absolute atomic E-state index is 10.7. The van der Waals surface area contributed by atoms with Crippen LogP contribution in [-0.4, -0.2) is 12.2 Å². The number of nitrogens with one attached hydrogen (secondary N) is 1. The normalized spacial score (nSPS) is 10.7. The molecule has 5 nitrogen and oxygen atoms in total. The summed E-state index contributed by atoms with van der Waals surface area (Å²) < 4.78 is 5.78. The first-order chi connectivity index (χ1) is 11.0. The molecule has 2 aromatic rings. The van der Waals surface area contributed by atoms with Gasteiger partial charge in [-0.2, -0.15) is 5.10 Å². The maximum Gasteiger partial charge on any atom is 0.332 e. The summed E-state index contributed by atoms with van der Waals surface area (Å²) >= 11 is 6.09. The highest BCUT2D eigenvalue weighted by Gasteiger charge is 2.06. The number of hydrazone groups is 1. The molecule has 0 bridgehead atoms. The van der Waals surface area contributed by atoms with Crippen molar-refractivity contribution in [2.45, 2.75) is 20.5 Å². The van der Waals surface area contributed by atoms with E-state index < -0.39 is 6.03 Å². The Morgan fingerprint density at radius 2 is 2.04 bits per heavy atom. The summed E-state index contributed by atoms with van der Waals surface area (Å²) in [5, 5.41) is 4.37. The molecule has 0 atom stereocenters. The molecule has 0 spiro atoms. The van der Waals surface area contributed by atoms with Gasteiger partial charge in [-0.05, 0) is 54.3 Å². The maximum atomic E-state index is 10.7. The van der Waals surface area contributed by atoms with Gasteiger partial charge in [-0.1, -0.05) is 29.8 Å². The number of primary amides is 1. The lowest BCUT2D eigenvalue weighted by atomic mass is 10.0. The number of urea groups is 1. The molecule has 0 heterocycles. The van der Waals surface area contributed by atoms with Crippen LogP contribution in [0.2, 0.25) is 5.02 Å². The van der Waals surface area contributed by atoms with Gasteiger partial charge in [0.2, 0.25) is 0 Å². The fourth-order valence-electron chi connectivity index (χ4n) is 2.09. The third-order valence-electron chi connectivity index (χ3n) is 3.32. The summed E-state index contributed by atoms with van der Waals surface area (Å²) in [6.07, 6.45) is 1.55.